The van der Waals surface area contributed by atoms with Gasteiger partial charge in [-0.1, -0.05) is 17.7 Å². The molecule has 1 heterocycles. The highest BCUT2D eigenvalue weighted by atomic mass is 35.5. The fraction of sp³-hybridized carbons (Fsp3) is 0.333. The van der Waals surface area contributed by atoms with Crippen molar-refractivity contribution < 1.29 is 13.2 Å². The smallest absolute Gasteiger partial charge is 0.379 e. The third kappa shape index (κ3) is 3.77. The molecule has 0 fully saturated rings. The lowest BCUT2D eigenvalue weighted by atomic mass is 10.4. The van der Waals surface area contributed by atoms with Crippen molar-refractivity contribution in [1.29, 1.82) is 0 Å². The van der Waals surface area contributed by atoms with Crippen LogP contribution in [0.5, 0.6) is 0 Å². The van der Waals surface area contributed by atoms with E-state index < -0.39 is 18.3 Å². The quantitative estimate of drug-likeness (QED) is 0.850. The maximum atomic E-state index is 12.1. The Bertz CT molecular complexity index is 470. The van der Waals surface area contributed by atoms with Crippen molar-refractivity contribution in [3.63, 3.8) is 0 Å². The Morgan fingerprint density at radius 2 is 2.24 bits per heavy atom. The summed E-state index contributed by atoms with van der Waals surface area (Å²) < 4.78 is 36.5. The van der Waals surface area contributed by atoms with Gasteiger partial charge in [0.2, 0.25) is 0 Å². The maximum Gasteiger partial charge on any atom is 0.408 e. The van der Waals surface area contributed by atoms with Gasteiger partial charge in [0.25, 0.3) is 5.56 Å². The molecule has 1 aromatic rings. The molecule has 8 heteroatoms. The molecule has 0 amide bonds. The molecular formula is C9H9ClF3N3O. The fourth-order valence-electron chi connectivity index (χ4n) is 1.05. The summed E-state index contributed by atoms with van der Waals surface area (Å²) in [5.41, 5.74) is -0.812. The third-order valence-electron chi connectivity index (χ3n) is 1.75. The number of rotatable bonds is 4. The Hall–Kier alpha value is -1.50. The summed E-state index contributed by atoms with van der Waals surface area (Å²) >= 11 is 5.63. The van der Waals surface area contributed by atoms with Gasteiger partial charge in [-0.05, 0) is 0 Å². The van der Waals surface area contributed by atoms with E-state index >= 15 is 0 Å². The number of halogens is 4. The Morgan fingerprint density at radius 1 is 1.59 bits per heavy atom. The van der Waals surface area contributed by atoms with Gasteiger partial charge in [0.05, 0.1) is 11.9 Å². The van der Waals surface area contributed by atoms with Gasteiger partial charge >= 0.3 is 6.18 Å². The highest BCUT2D eigenvalue weighted by Crippen LogP contribution is 2.18. The van der Waals surface area contributed by atoms with Gasteiger partial charge in [0, 0.05) is 6.54 Å². The molecule has 0 atom stereocenters. The first-order chi connectivity index (χ1) is 7.85. The fourth-order valence-corrected chi connectivity index (χ4v) is 1.27. The molecule has 0 aliphatic heterocycles. The predicted molar refractivity (Wildman–Crippen MR) is 58.2 cm³/mol. The molecule has 0 bridgehead atoms. The molecule has 1 aromatic heterocycles. The summed E-state index contributed by atoms with van der Waals surface area (Å²) in [5.74, 6) is 0. The molecular weight excluding hydrogens is 259 g/mol. The lowest BCUT2D eigenvalue weighted by molar-refractivity contribution is -0.143. The zero-order valence-corrected chi connectivity index (χ0v) is 9.35. The molecule has 1 rings (SSSR count). The van der Waals surface area contributed by atoms with Crippen LogP contribution in [0.25, 0.3) is 0 Å². The highest BCUT2D eigenvalue weighted by Gasteiger charge is 2.29. The standard InChI is InChI=1S/C9H9ClF3N3O/c1-2-3-14-6-4-15-16(5-9(11,12)13)8(17)7(6)10/h2,4,14H,1,3,5H2. The normalized spacial score (nSPS) is 11.3. The average Bonchev–Trinajstić information content (AvgIpc) is 2.22. The van der Waals surface area contributed by atoms with Crippen molar-refractivity contribution in [1.82, 2.24) is 9.78 Å². The van der Waals surface area contributed by atoms with Crippen LogP contribution in [0.3, 0.4) is 0 Å². The van der Waals surface area contributed by atoms with E-state index in [9.17, 15) is 18.0 Å². The van der Waals surface area contributed by atoms with E-state index in [1.807, 2.05) is 0 Å². The first kappa shape index (κ1) is 13.6. The van der Waals surface area contributed by atoms with Crippen LogP contribution in [0.4, 0.5) is 18.9 Å². The summed E-state index contributed by atoms with van der Waals surface area (Å²) in [5, 5.41) is 5.74. The van der Waals surface area contributed by atoms with Gasteiger partial charge in [-0.15, -0.1) is 6.58 Å². The Morgan fingerprint density at radius 3 is 2.76 bits per heavy atom. The summed E-state index contributed by atoms with van der Waals surface area (Å²) in [6.45, 7) is 2.29. The summed E-state index contributed by atoms with van der Waals surface area (Å²) in [4.78, 5) is 11.4. The minimum absolute atomic E-state index is 0.176. The molecule has 0 unspecified atom stereocenters. The van der Waals surface area contributed by atoms with Gasteiger partial charge in [-0.2, -0.15) is 18.3 Å². The van der Waals surface area contributed by atoms with Crippen molar-refractivity contribution in [2.24, 2.45) is 0 Å². The zero-order chi connectivity index (χ0) is 13.1. The molecule has 1 N–H and O–H groups in total. The topological polar surface area (TPSA) is 46.9 Å². The van der Waals surface area contributed by atoms with E-state index in [2.05, 4.69) is 17.0 Å². The van der Waals surface area contributed by atoms with E-state index in [0.29, 0.717) is 6.54 Å². The van der Waals surface area contributed by atoms with Crippen LogP contribution in [0.2, 0.25) is 5.02 Å². The molecule has 0 aliphatic rings. The largest absolute Gasteiger partial charge is 0.408 e. The van der Waals surface area contributed by atoms with Crippen LogP contribution >= 0.6 is 11.6 Å². The molecule has 0 radical (unpaired) electrons. The summed E-state index contributed by atoms with van der Waals surface area (Å²) in [6.07, 6.45) is -1.94. The number of aromatic nitrogens is 2. The van der Waals surface area contributed by atoms with Crippen molar-refractivity contribution in [3.8, 4) is 0 Å². The number of hydrogen-bond donors (Lipinski definition) is 1. The lowest BCUT2D eigenvalue weighted by Crippen LogP contribution is -2.30. The second kappa shape index (κ2) is 5.22. The monoisotopic (exact) mass is 267 g/mol. The molecule has 0 aliphatic carbocycles. The summed E-state index contributed by atoms with van der Waals surface area (Å²) in [7, 11) is 0. The van der Waals surface area contributed by atoms with Gasteiger partial charge < -0.3 is 5.32 Å². The van der Waals surface area contributed by atoms with E-state index in [-0.39, 0.29) is 15.4 Å². The second-order valence-electron chi connectivity index (χ2n) is 3.12. The van der Waals surface area contributed by atoms with Crippen molar-refractivity contribution in [2.45, 2.75) is 12.7 Å². The van der Waals surface area contributed by atoms with E-state index in [4.69, 9.17) is 11.6 Å². The Labute approximate surface area is 99.7 Å². The predicted octanol–water partition coefficient (Wildman–Crippen LogP) is 2.06. The van der Waals surface area contributed by atoms with Crippen LogP contribution in [-0.2, 0) is 6.54 Å². The average molecular weight is 268 g/mol. The van der Waals surface area contributed by atoms with Crippen LogP contribution in [-0.4, -0.2) is 22.5 Å². The molecule has 94 valence electrons. The highest BCUT2D eigenvalue weighted by molar-refractivity contribution is 6.32. The lowest BCUT2D eigenvalue weighted by Gasteiger charge is -2.10. The molecule has 0 saturated heterocycles. The maximum absolute atomic E-state index is 12.1. The van der Waals surface area contributed by atoms with Crippen LogP contribution in [0.15, 0.2) is 23.6 Å². The number of anilines is 1. The first-order valence-electron chi connectivity index (χ1n) is 4.52. The molecule has 0 aromatic carbocycles. The van der Waals surface area contributed by atoms with E-state index in [0.717, 1.165) is 6.20 Å². The molecule has 17 heavy (non-hydrogen) atoms. The molecule has 0 saturated carbocycles. The minimum atomic E-state index is -4.52. The summed E-state index contributed by atoms with van der Waals surface area (Å²) in [6, 6.07) is 0. The third-order valence-corrected chi connectivity index (χ3v) is 2.12. The number of nitrogens with zero attached hydrogens (tertiary/aromatic N) is 2. The van der Waals surface area contributed by atoms with E-state index in [1.165, 1.54) is 6.08 Å². The van der Waals surface area contributed by atoms with Crippen LogP contribution in [0, 0.1) is 0 Å². The van der Waals surface area contributed by atoms with Gasteiger partial charge in [0.1, 0.15) is 11.6 Å². The Kier molecular flexibility index (Phi) is 4.17. The number of alkyl halides is 3. The van der Waals surface area contributed by atoms with Crippen molar-refractivity contribution in [2.75, 3.05) is 11.9 Å². The van der Waals surface area contributed by atoms with Crippen molar-refractivity contribution in [3.05, 3.63) is 34.2 Å². The molecule has 4 nitrogen and oxygen atoms in total. The second-order valence-corrected chi connectivity index (χ2v) is 3.50. The number of hydrogen-bond acceptors (Lipinski definition) is 3. The van der Waals surface area contributed by atoms with Crippen LogP contribution < -0.4 is 10.9 Å². The van der Waals surface area contributed by atoms with Gasteiger partial charge in [-0.25, -0.2) is 4.68 Å². The van der Waals surface area contributed by atoms with Gasteiger partial charge in [-0.3, -0.25) is 4.79 Å². The zero-order valence-electron chi connectivity index (χ0n) is 8.59. The SMILES string of the molecule is C=CCNc1cnn(CC(F)(F)F)c(=O)c1Cl. The van der Waals surface area contributed by atoms with Gasteiger partial charge in [0.15, 0.2) is 0 Å². The van der Waals surface area contributed by atoms with E-state index in [1.54, 1.807) is 0 Å². The van der Waals surface area contributed by atoms with Crippen molar-refractivity contribution >= 4 is 17.3 Å². The first-order valence-corrected chi connectivity index (χ1v) is 4.90. The number of nitrogens with one attached hydrogen (secondary N) is 1. The molecule has 0 spiro atoms. The van der Waals surface area contributed by atoms with Crippen LogP contribution in [0.1, 0.15) is 0 Å². The minimum Gasteiger partial charge on any atom is -0.379 e. The Balaban J connectivity index is 3.02.